The zero-order valence-corrected chi connectivity index (χ0v) is 23.5. The Morgan fingerprint density at radius 1 is 1.00 bits per heavy atom. The second-order valence-corrected chi connectivity index (χ2v) is 11.3. The summed E-state index contributed by atoms with van der Waals surface area (Å²) in [5.41, 5.74) is 3.95. The van der Waals surface area contributed by atoms with Gasteiger partial charge in [0.1, 0.15) is 18.2 Å². The van der Waals surface area contributed by atoms with Crippen molar-refractivity contribution < 1.29 is 14.6 Å². The predicted molar refractivity (Wildman–Crippen MR) is 157 cm³/mol. The lowest BCUT2D eigenvalue weighted by Crippen LogP contribution is -2.38. The minimum absolute atomic E-state index is 0.0984. The van der Waals surface area contributed by atoms with Crippen molar-refractivity contribution in [1.82, 2.24) is 14.7 Å². The molecular formula is C32H40N4O3. The summed E-state index contributed by atoms with van der Waals surface area (Å²) in [7, 11) is 0. The third kappa shape index (κ3) is 6.44. The first-order chi connectivity index (χ1) is 18.8. The fourth-order valence-electron chi connectivity index (χ4n) is 4.89. The largest absolute Gasteiger partial charge is 0.492 e. The van der Waals surface area contributed by atoms with Gasteiger partial charge in [0.15, 0.2) is 0 Å². The fraction of sp³-hybridized carbons (Fsp3) is 0.406. The Labute approximate surface area is 231 Å². The third-order valence-electron chi connectivity index (χ3n) is 7.28. The van der Waals surface area contributed by atoms with Gasteiger partial charge in [-0.25, -0.2) is 4.68 Å². The maximum Gasteiger partial charge on any atom is 0.130 e. The van der Waals surface area contributed by atoms with Crippen LogP contribution in [0.15, 0.2) is 66.7 Å². The predicted octanol–water partition coefficient (Wildman–Crippen LogP) is 5.49. The molecule has 3 aromatic carbocycles. The first kappa shape index (κ1) is 27.2. The van der Waals surface area contributed by atoms with Crippen LogP contribution in [0, 0.1) is 6.92 Å². The molecule has 0 amide bonds. The fourth-order valence-corrected chi connectivity index (χ4v) is 4.89. The van der Waals surface area contributed by atoms with Gasteiger partial charge < -0.3 is 19.9 Å². The average Bonchev–Trinajstić information content (AvgIpc) is 3.38. The zero-order valence-electron chi connectivity index (χ0n) is 23.5. The molecule has 1 aromatic heterocycles. The average molecular weight is 529 g/mol. The molecule has 5 rings (SSSR count). The summed E-state index contributed by atoms with van der Waals surface area (Å²) in [4.78, 5) is 2.36. The molecule has 0 saturated carbocycles. The van der Waals surface area contributed by atoms with E-state index in [9.17, 15) is 5.11 Å². The summed E-state index contributed by atoms with van der Waals surface area (Å²) in [5.74, 6) is 1.70. The van der Waals surface area contributed by atoms with Gasteiger partial charge in [0.05, 0.1) is 30.7 Å². The highest BCUT2D eigenvalue weighted by molar-refractivity contribution is 5.91. The Morgan fingerprint density at radius 3 is 2.44 bits per heavy atom. The lowest BCUT2D eigenvalue weighted by atomic mass is 9.92. The van der Waals surface area contributed by atoms with Gasteiger partial charge >= 0.3 is 0 Å². The Balaban J connectivity index is 1.33. The molecule has 7 heteroatoms. The minimum Gasteiger partial charge on any atom is -0.492 e. The van der Waals surface area contributed by atoms with E-state index in [-0.39, 0.29) is 5.41 Å². The van der Waals surface area contributed by atoms with E-state index in [1.54, 1.807) is 0 Å². The van der Waals surface area contributed by atoms with E-state index in [0.29, 0.717) is 13.2 Å². The van der Waals surface area contributed by atoms with Crippen molar-refractivity contribution in [3.8, 4) is 11.4 Å². The molecule has 7 nitrogen and oxygen atoms in total. The third-order valence-corrected chi connectivity index (χ3v) is 7.28. The van der Waals surface area contributed by atoms with Gasteiger partial charge in [-0.1, -0.05) is 68.8 Å². The van der Waals surface area contributed by atoms with Gasteiger partial charge in [-0.15, -0.1) is 0 Å². The topological polar surface area (TPSA) is 71.8 Å². The van der Waals surface area contributed by atoms with E-state index in [1.807, 2.05) is 28.9 Å². The molecule has 0 bridgehead atoms. The highest BCUT2D eigenvalue weighted by atomic mass is 16.5. The number of aromatic nitrogens is 2. The summed E-state index contributed by atoms with van der Waals surface area (Å²) >= 11 is 0. The van der Waals surface area contributed by atoms with Crippen molar-refractivity contribution in [3.63, 3.8) is 0 Å². The molecule has 0 radical (unpaired) electrons. The number of hydrogen-bond donors (Lipinski definition) is 2. The molecule has 4 aromatic rings. The number of nitrogens with one attached hydrogen (secondary N) is 1. The van der Waals surface area contributed by atoms with E-state index >= 15 is 0 Å². The zero-order chi connectivity index (χ0) is 27.4. The molecule has 1 aliphatic rings. The van der Waals surface area contributed by atoms with E-state index in [0.717, 1.165) is 72.1 Å². The molecule has 206 valence electrons. The molecule has 0 spiro atoms. The first-order valence-electron chi connectivity index (χ1n) is 13.8. The van der Waals surface area contributed by atoms with Gasteiger partial charge in [-0.3, -0.25) is 4.90 Å². The summed E-state index contributed by atoms with van der Waals surface area (Å²) in [6, 6.07) is 22.5. The lowest BCUT2D eigenvalue weighted by Gasteiger charge is -2.26. The van der Waals surface area contributed by atoms with E-state index in [2.05, 4.69) is 80.4 Å². The van der Waals surface area contributed by atoms with Crippen molar-refractivity contribution in [2.45, 2.75) is 39.2 Å². The van der Waals surface area contributed by atoms with Gasteiger partial charge in [-0.05, 0) is 36.1 Å². The lowest BCUT2D eigenvalue weighted by molar-refractivity contribution is 0.0323. The van der Waals surface area contributed by atoms with Crippen LogP contribution in [0.4, 0.5) is 5.82 Å². The van der Waals surface area contributed by atoms with Crippen LogP contribution in [0.5, 0.6) is 5.75 Å². The molecule has 2 heterocycles. The number of rotatable bonds is 9. The van der Waals surface area contributed by atoms with Crippen molar-refractivity contribution in [3.05, 3.63) is 83.6 Å². The molecule has 1 atom stereocenters. The SMILES string of the molecule is Cc1ccc(-n2nc(C(C)(C)C)cc2NCC(O)c2ccc(OCCN3CCOCC3)c3ccccc23)cc1. The molecule has 1 aliphatic heterocycles. The van der Waals surface area contributed by atoms with Gasteiger partial charge in [-0.2, -0.15) is 5.10 Å². The summed E-state index contributed by atoms with van der Waals surface area (Å²) in [5, 5.41) is 21.7. The van der Waals surface area contributed by atoms with E-state index in [4.69, 9.17) is 14.6 Å². The summed E-state index contributed by atoms with van der Waals surface area (Å²) in [6.07, 6.45) is -0.711. The summed E-state index contributed by atoms with van der Waals surface area (Å²) in [6.45, 7) is 13.8. The van der Waals surface area contributed by atoms with Crippen molar-refractivity contribution >= 4 is 16.6 Å². The molecular weight excluding hydrogens is 488 g/mol. The number of aryl methyl sites for hydroxylation is 1. The van der Waals surface area contributed by atoms with Crippen LogP contribution in [0.2, 0.25) is 0 Å². The standard InChI is InChI=1S/C32H40N4O3/c1-23-9-11-24(12-10-23)36-31(21-30(34-36)32(2,3)4)33-22-28(37)26-13-14-29(27-8-6-5-7-25(26)27)39-20-17-35-15-18-38-19-16-35/h5-14,21,28,33,37H,15-20,22H2,1-4H3. The van der Waals surface area contributed by atoms with Crippen LogP contribution < -0.4 is 10.1 Å². The highest BCUT2D eigenvalue weighted by Crippen LogP contribution is 2.33. The van der Waals surface area contributed by atoms with Gasteiger partial charge in [0.2, 0.25) is 0 Å². The molecule has 0 aliphatic carbocycles. The molecule has 1 fully saturated rings. The molecule has 1 saturated heterocycles. The Hall–Kier alpha value is -3.39. The van der Waals surface area contributed by atoms with Crippen molar-refractivity contribution in [1.29, 1.82) is 0 Å². The molecule has 2 N–H and O–H groups in total. The maximum absolute atomic E-state index is 11.3. The van der Waals surface area contributed by atoms with Crippen LogP contribution in [0.3, 0.4) is 0 Å². The monoisotopic (exact) mass is 528 g/mol. The second kappa shape index (κ2) is 11.8. The first-order valence-corrected chi connectivity index (χ1v) is 13.8. The second-order valence-electron chi connectivity index (χ2n) is 11.3. The number of nitrogens with zero attached hydrogens (tertiary/aromatic N) is 3. The van der Waals surface area contributed by atoms with E-state index < -0.39 is 6.10 Å². The van der Waals surface area contributed by atoms with Crippen LogP contribution in [0.25, 0.3) is 16.5 Å². The number of anilines is 1. The Bertz CT molecular complexity index is 1390. The van der Waals surface area contributed by atoms with Crippen molar-refractivity contribution in [2.24, 2.45) is 0 Å². The number of aliphatic hydroxyl groups excluding tert-OH is 1. The van der Waals surface area contributed by atoms with E-state index in [1.165, 1.54) is 5.56 Å². The number of ether oxygens (including phenoxy) is 2. The Morgan fingerprint density at radius 2 is 1.72 bits per heavy atom. The van der Waals surface area contributed by atoms with Gasteiger partial charge in [0, 0.05) is 43.0 Å². The van der Waals surface area contributed by atoms with Crippen LogP contribution in [-0.2, 0) is 10.2 Å². The number of aliphatic hydroxyl groups is 1. The number of hydrogen-bond acceptors (Lipinski definition) is 6. The van der Waals surface area contributed by atoms with Gasteiger partial charge in [0.25, 0.3) is 0 Å². The molecule has 39 heavy (non-hydrogen) atoms. The van der Waals surface area contributed by atoms with Crippen molar-refractivity contribution in [2.75, 3.05) is 51.3 Å². The Kier molecular flexibility index (Phi) is 8.21. The number of morpholine rings is 1. The minimum atomic E-state index is -0.711. The van der Waals surface area contributed by atoms with Crippen LogP contribution in [-0.4, -0.2) is 65.8 Å². The normalized spacial score (nSPS) is 15.4. The number of benzene rings is 3. The molecule has 1 unspecified atom stereocenters. The summed E-state index contributed by atoms with van der Waals surface area (Å²) < 4.78 is 13.6. The van der Waals surface area contributed by atoms with Crippen LogP contribution in [0.1, 0.15) is 43.7 Å². The number of fused-ring (bicyclic) bond motifs is 1. The maximum atomic E-state index is 11.3. The smallest absolute Gasteiger partial charge is 0.130 e. The van der Waals surface area contributed by atoms with Crippen LogP contribution >= 0.6 is 0 Å². The highest BCUT2D eigenvalue weighted by Gasteiger charge is 2.22. The quantitative estimate of drug-likeness (QED) is 0.299.